The van der Waals surface area contributed by atoms with Crippen LogP contribution in [0.4, 0.5) is 10.6 Å². The van der Waals surface area contributed by atoms with Gasteiger partial charge in [0.1, 0.15) is 17.5 Å². The molecule has 0 spiro atoms. The van der Waals surface area contributed by atoms with E-state index in [0.29, 0.717) is 18.0 Å². The van der Waals surface area contributed by atoms with E-state index >= 15 is 0 Å². The Morgan fingerprint density at radius 3 is 2.64 bits per heavy atom. The monoisotopic (exact) mass is 448 g/mol. The molecule has 0 radical (unpaired) electrons. The topological polar surface area (TPSA) is 101 Å². The smallest absolute Gasteiger partial charge is 0.410 e. The molecule has 7 nitrogen and oxygen atoms in total. The van der Waals surface area contributed by atoms with Crippen LogP contribution in [0.1, 0.15) is 75.1 Å². The molecule has 1 amide bonds. The lowest BCUT2D eigenvalue weighted by molar-refractivity contribution is 0.0222. The number of nitrogens with two attached hydrogens (primary N) is 1. The number of nitrogen functional groups attached to an aromatic ring is 1. The van der Waals surface area contributed by atoms with Gasteiger partial charge in [-0.05, 0) is 81.2 Å². The van der Waals surface area contributed by atoms with Gasteiger partial charge in [-0.25, -0.2) is 9.78 Å². The molecule has 2 aliphatic heterocycles. The third-order valence-electron chi connectivity index (χ3n) is 6.36. The quantitative estimate of drug-likeness (QED) is 0.695. The molecule has 2 N–H and O–H groups in total. The summed E-state index contributed by atoms with van der Waals surface area (Å²) in [5.41, 5.74) is 9.86. The lowest BCUT2D eigenvalue weighted by atomic mass is 9.84. The number of rotatable bonds is 3. The first-order chi connectivity index (χ1) is 15.8. The number of hydrogen-bond donors (Lipinski definition) is 1. The zero-order valence-electron chi connectivity index (χ0n) is 19.6. The minimum Gasteiger partial charge on any atom is -0.444 e. The number of likely N-dealkylation sites (tertiary alicyclic amines) is 1. The van der Waals surface area contributed by atoms with Gasteiger partial charge < -0.3 is 20.1 Å². The van der Waals surface area contributed by atoms with E-state index in [1.807, 2.05) is 25.7 Å². The molecule has 174 valence electrons. The molecule has 2 aliphatic rings. The van der Waals surface area contributed by atoms with Crippen molar-refractivity contribution in [2.75, 3.05) is 25.5 Å². The summed E-state index contributed by atoms with van der Waals surface area (Å²) in [5.74, 6) is 0.621. The Kier molecular flexibility index (Phi) is 6.57. The molecule has 0 saturated carbocycles. The fraction of sp³-hybridized carbons (Fsp3) is 0.500. The fourth-order valence-electron chi connectivity index (χ4n) is 4.78. The van der Waals surface area contributed by atoms with E-state index in [9.17, 15) is 10.1 Å². The highest BCUT2D eigenvalue weighted by molar-refractivity contribution is 5.71. The summed E-state index contributed by atoms with van der Waals surface area (Å²) in [4.78, 5) is 19.1. The molecular formula is C26H32N4O3. The number of nitrogens with zero attached hydrogens (tertiary/aromatic N) is 3. The Hall–Kier alpha value is -3.11. The number of ether oxygens (including phenoxy) is 2. The van der Waals surface area contributed by atoms with E-state index in [1.165, 1.54) is 5.56 Å². The Morgan fingerprint density at radius 2 is 1.94 bits per heavy atom. The number of anilines is 1. The van der Waals surface area contributed by atoms with Crippen molar-refractivity contribution in [2.24, 2.45) is 0 Å². The molecule has 0 bridgehead atoms. The van der Waals surface area contributed by atoms with Crippen LogP contribution in [0.3, 0.4) is 0 Å². The van der Waals surface area contributed by atoms with Gasteiger partial charge in [-0.3, -0.25) is 0 Å². The Bertz CT molecular complexity index is 1060. The van der Waals surface area contributed by atoms with Gasteiger partial charge in [0.2, 0.25) is 0 Å². The predicted octanol–water partition coefficient (Wildman–Crippen LogP) is 5.17. The number of amides is 1. The van der Waals surface area contributed by atoms with E-state index in [2.05, 4.69) is 29.3 Å². The zero-order chi connectivity index (χ0) is 23.6. The fourth-order valence-corrected chi connectivity index (χ4v) is 4.78. The van der Waals surface area contributed by atoms with Crippen LogP contribution < -0.4 is 5.73 Å². The molecule has 7 heteroatoms. The van der Waals surface area contributed by atoms with Gasteiger partial charge in [-0.2, -0.15) is 5.26 Å². The molecule has 0 unspecified atom stereocenters. The number of aromatic nitrogens is 1. The first kappa shape index (κ1) is 23.1. The zero-order valence-corrected chi connectivity index (χ0v) is 19.6. The van der Waals surface area contributed by atoms with E-state index in [1.54, 1.807) is 12.3 Å². The third kappa shape index (κ3) is 5.12. The van der Waals surface area contributed by atoms with Gasteiger partial charge in [-0.15, -0.1) is 0 Å². The molecule has 1 aromatic heterocycles. The van der Waals surface area contributed by atoms with Crippen molar-refractivity contribution >= 4 is 11.9 Å². The van der Waals surface area contributed by atoms with Gasteiger partial charge in [0.05, 0.1) is 11.6 Å². The molecule has 3 heterocycles. The minimum atomic E-state index is -0.543. The van der Waals surface area contributed by atoms with Crippen molar-refractivity contribution in [3.63, 3.8) is 0 Å². The second-order valence-corrected chi connectivity index (χ2v) is 9.83. The third-order valence-corrected chi connectivity index (χ3v) is 6.36. The van der Waals surface area contributed by atoms with E-state index < -0.39 is 5.60 Å². The highest BCUT2D eigenvalue weighted by atomic mass is 16.6. The van der Waals surface area contributed by atoms with Crippen molar-refractivity contribution in [1.82, 2.24) is 9.88 Å². The lowest BCUT2D eigenvalue weighted by Gasteiger charge is -2.32. The van der Waals surface area contributed by atoms with E-state index in [4.69, 9.17) is 15.2 Å². The van der Waals surface area contributed by atoms with Crippen LogP contribution in [-0.4, -0.2) is 41.3 Å². The molecular weight excluding hydrogens is 416 g/mol. The maximum atomic E-state index is 13.0. The summed E-state index contributed by atoms with van der Waals surface area (Å²) >= 11 is 0. The van der Waals surface area contributed by atoms with E-state index in [-0.39, 0.29) is 18.0 Å². The number of pyridine rings is 1. The standard InChI is InChI=1S/C26H32N4O3/c1-26(2,3)33-25(31)30-10-4-5-23(30)22-14-18(20-13-19(15-27)24(28)29-16-20)6-7-21(22)17-8-11-32-12-9-17/h6-7,13-14,16-17,23H,4-5,8-12H2,1-3H3,(H2,28,29)/t23-/m0/s1. The first-order valence-electron chi connectivity index (χ1n) is 11.6. The normalized spacial score (nSPS) is 19.3. The second kappa shape index (κ2) is 9.40. The van der Waals surface area contributed by atoms with Crippen LogP contribution >= 0.6 is 0 Å². The summed E-state index contributed by atoms with van der Waals surface area (Å²) in [5, 5.41) is 9.38. The van der Waals surface area contributed by atoms with Crippen molar-refractivity contribution in [3.8, 4) is 17.2 Å². The maximum absolute atomic E-state index is 13.0. The predicted molar refractivity (Wildman–Crippen MR) is 127 cm³/mol. The SMILES string of the molecule is CC(C)(C)OC(=O)N1CCC[C@H]1c1cc(-c2cnc(N)c(C#N)c2)ccc1C1CCOCC1. The summed E-state index contributed by atoms with van der Waals surface area (Å²) in [7, 11) is 0. The van der Waals surface area contributed by atoms with Gasteiger partial charge in [0.25, 0.3) is 0 Å². The molecule has 2 aromatic rings. The van der Waals surface area contributed by atoms with Crippen LogP contribution in [0.25, 0.3) is 11.1 Å². The van der Waals surface area contributed by atoms with Crippen molar-refractivity contribution in [3.05, 3.63) is 47.2 Å². The average Bonchev–Trinajstić information content (AvgIpc) is 3.29. The molecule has 1 atom stereocenters. The van der Waals surface area contributed by atoms with Gasteiger partial charge in [-0.1, -0.05) is 12.1 Å². The minimum absolute atomic E-state index is 0.0465. The number of nitriles is 1. The van der Waals surface area contributed by atoms with Crippen LogP contribution in [0.2, 0.25) is 0 Å². The lowest BCUT2D eigenvalue weighted by Crippen LogP contribution is -2.36. The van der Waals surface area contributed by atoms with E-state index in [0.717, 1.165) is 55.6 Å². The van der Waals surface area contributed by atoms with Crippen LogP contribution in [0.15, 0.2) is 30.5 Å². The Balaban J connectivity index is 1.76. The summed E-state index contributed by atoms with van der Waals surface area (Å²) in [6, 6.07) is 10.3. The van der Waals surface area contributed by atoms with Crippen LogP contribution in [-0.2, 0) is 9.47 Å². The summed E-state index contributed by atoms with van der Waals surface area (Å²) in [6.07, 6.45) is 5.19. The van der Waals surface area contributed by atoms with Crippen molar-refractivity contribution in [1.29, 1.82) is 5.26 Å². The molecule has 1 aromatic carbocycles. The van der Waals surface area contributed by atoms with Crippen molar-refractivity contribution < 1.29 is 14.3 Å². The van der Waals surface area contributed by atoms with Crippen molar-refractivity contribution in [2.45, 2.75) is 64.0 Å². The van der Waals surface area contributed by atoms with Gasteiger partial charge in [0.15, 0.2) is 0 Å². The van der Waals surface area contributed by atoms with Crippen LogP contribution in [0.5, 0.6) is 0 Å². The first-order valence-corrected chi connectivity index (χ1v) is 11.6. The second-order valence-electron chi connectivity index (χ2n) is 9.83. The molecule has 33 heavy (non-hydrogen) atoms. The number of hydrogen-bond acceptors (Lipinski definition) is 6. The summed E-state index contributed by atoms with van der Waals surface area (Å²) in [6.45, 7) is 7.86. The molecule has 2 fully saturated rings. The molecule has 4 rings (SSSR count). The molecule has 0 aliphatic carbocycles. The molecule has 2 saturated heterocycles. The average molecular weight is 449 g/mol. The van der Waals surface area contributed by atoms with Gasteiger partial charge in [0, 0.05) is 31.5 Å². The number of benzene rings is 1. The van der Waals surface area contributed by atoms with Crippen LogP contribution in [0, 0.1) is 11.3 Å². The Morgan fingerprint density at radius 1 is 1.18 bits per heavy atom. The largest absolute Gasteiger partial charge is 0.444 e. The summed E-state index contributed by atoms with van der Waals surface area (Å²) < 4.78 is 11.3. The number of carbonyl (C=O) groups excluding carboxylic acids is 1. The Labute approximate surface area is 195 Å². The highest BCUT2D eigenvalue weighted by Crippen LogP contribution is 2.41. The van der Waals surface area contributed by atoms with Gasteiger partial charge >= 0.3 is 6.09 Å². The number of carbonyl (C=O) groups is 1. The highest BCUT2D eigenvalue weighted by Gasteiger charge is 2.35. The maximum Gasteiger partial charge on any atom is 0.410 e.